The fourth-order valence-corrected chi connectivity index (χ4v) is 1.99. The zero-order valence-electron chi connectivity index (χ0n) is 10.9. The highest BCUT2D eigenvalue weighted by Gasteiger charge is 2.21. The van der Waals surface area contributed by atoms with Crippen LogP contribution in [0.15, 0.2) is 18.3 Å². The predicted molar refractivity (Wildman–Crippen MR) is 69.7 cm³/mol. The molecule has 0 aliphatic rings. The minimum Gasteiger partial charge on any atom is -0.321 e. The summed E-state index contributed by atoms with van der Waals surface area (Å²) in [5.41, 5.74) is 8.08. The molecule has 0 fully saturated rings. The largest absolute Gasteiger partial charge is 0.321 e. The Morgan fingerprint density at radius 1 is 1.24 bits per heavy atom. The first-order valence-electron chi connectivity index (χ1n) is 6.10. The van der Waals surface area contributed by atoms with Crippen LogP contribution in [0.2, 0.25) is 0 Å². The van der Waals surface area contributed by atoms with Crippen LogP contribution in [0.1, 0.15) is 45.6 Å². The maximum atomic E-state index is 6.23. The number of imidazole rings is 1. The van der Waals surface area contributed by atoms with E-state index in [9.17, 15) is 0 Å². The van der Waals surface area contributed by atoms with Gasteiger partial charge in [-0.2, -0.15) is 0 Å². The summed E-state index contributed by atoms with van der Waals surface area (Å²) in [6.45, 7) is 8.49. The summed E-state index contributed by atoms with van der Waals surface area (Å²) in [6, 6.07) is 4.16. The molecule has 0 spiro atoms. The Labute approximate surface area is 102 Å². The van der Waals surface area contributed by atoms with Crippen LogP contribution < -0.4 is 5.73 Å². The second-order valence-electron chi connectivity index (χ2n) is 5.05. The van der Waals surface area contributed by atoms with Gasteiger partial charge in [0.25, 0.3) is 0 Å². The van der Waals surface area contributed by atoms with E-state index in [-0.39, 0.29) is 6.04 Å². The van der Waals surface area contributed by atoms with E-state index in [1.807, 2.05) is 12.1 Å². The Balaban J connectivity index is 2.66. The van der Waals surface area contributed by atoms with Gasteiger partial charge in [-0.15, -0.1) is 0 Å². The molecule has 0 saturated heterocycles. The molecule has 17 heavy (non-hydrogen) atoms. The Morgan fingerprint density at radius 3 is 2.53 bits per heavy atom. The number of fused-ring (bicyclic) bond motifs is 1. The molecular weight excluding hydrogens is 212 g/mol. The number of nitrogens with two attached hydrogens (primary N) is 1. The van der Waals surface area contributed by atoms with Crippen molar-refractivity contribution in [2.75, 3.05) is 0 Å². The quantitative estimate of drug-likeness (QED) is 0.885. The third-order valence-electron chi connectivity index (χ3n) is 3.01. The maximum Gasteiger partial charge on any atom is 0.160 e. The molecule has 0 aromatic carbocycles. The average molecular weight is 232 g/mol. The topological polar surface area (TPSA) is 56.7 Å². The molecule has 0 saturated carbocycles. The minimum atomic E-state index is -0.0494. The fraction of sp³-hybridized carbons (Fsp3) is 0.538. The van der Waals surface area contributed by atoms with Crippen molar-refractivity contribution in [1.82, 2.24) is 14.5 Å². The number of pyridine rings is 1. The van der Waals surface area contributed by atoms with Crippen LogP contribution in [0.4, 0.5) is 0 Å². The zero-order chi connectivity index (χ0) is 12.6. The predicted octanol–water partition coefficient (Wildman–Crippen LogP) is 2.67. The highest BCUT2D eigenvalue weighted by Crippen LogP contribution is 2.25. The summed E-state index contributed by atoms with van der Waals surface area (Å²) in [6.07, 6.45) is 1.80. The number of nitrogens with zero attached hydrogens (tertiary/aromatic N) is 3. The zero-order valence-corrected chi connectivity index (χ0v) is 10.9. The molecule has 0 bridgehead atoms. The van der Waals surface area contributed by atoms with E-state index < -0.39 is 0 Å². The summed E-state index contributed by atoms with van der Waals surface area (Å²) in [7, 11) is 0. The van der Waals surface area contributed by atoms with Crippen LogP contribution in [0, 0.1) is 5.92 Å². The fourth-order valence-electron chi connectivity index (χ4n) is 1.99. The molecule has 2 aromatic rings. The highest BCUT2D eigenvalue weighted by molar-refractivity contribution is 5.71. The van der Waals surface area contributed by atoms with Crippen LogP contribution in [0.25, 0.3) is 11.2 Å². The molecule has 1 atom stereocenters. The molecule has 0 amide bonds. The summed E-state index contributed by atoms with van der Waals surface area (Å²) in [4.78, 5) is 9.04. The summed E-state index contributed by atoms with van der Waals surface area (Å²) in [5.74, 6) is 1.30. The molecule has 2 rings (SSSR count). The van der Waals surface area contributed by atoms with Crippen LogP contribution in [0.3, 0.4) is 0 Å². The van der Waals surface area contributed by atoms with Gasteiger partial charge in [-0.25, -0.2) is 9.97 Å². The van der Waals surface area contributed by atoms with E-state index >= 15 is 0 Å². The van der Waals surface area contributed by atoms with Gasteiger partial charge in [-0.3, -0.25) is 0 Å². The number of hydrogen-bond acceptors (Lipinski definition) is 3. The standard InChI is InChI=1S/C13H20N4/c1-8(2)11(14)13-16-10-6-5-7-15-12(10)17(13)9(3)4/h5-9,11H,14H2,1-4H3/t11-/m1/s1. The lowest BCUT2D eigenvalue weighted by molar-refractivity contribution is 0.452. The van der Waals surface area contributed by atoms with Gasteiger partial charge >= 0.3 is 0 Å². The van der Waals surface area contributed by atoms with Gasteiger partial charge in [-0.1, -0.05) is 13.8 Å². The molecule has 0 aliphatic carbocycles. The van der Waals surface area contributed by atoms with E-state index in [1.165, 1.54) is 0 Å². The van der Waals surface area contributed by atoms with Crippen molar-refractivity contribution < 1.29 is 0 Å². The molecule has 4 nitrogen and oxygen atoms in total. The third-order valence-corrected chi connectivity index (χ3v) is 3.01. The Hall–Kier alpha value is -1.42. The normalized spacial score (nSPS) is 13.8. The number of rotatable bonds is 3. The van der Waals surface area contributed by atoms with Gasteiger partial charge in [0.05, 0.1) is 6.04 Å². The summed E-state index contributed by atoms with van der Waals surface area (Å²) >= 11 is 0. The van der Waals surface area contributed by atoms with Crippen LogP contribution >= 0.6 is 0 Å². The number of aromatic nitrogens is 3. The Morgan fingerprint density at radius 2 is 1.94 bits per heavy atom. The lowest BCUT2D eigenvalue weighted by Gasteiger charge is -2.19. The first-order chi connectivity index (χ1) is 8.02. The Bertz CT molecular complexity index is 513. The van der Waals surface area contributed by atoms with Crippen molar-refractivity contribution in [2.45, 2.75) is 39.8 Å². The van der Waals surface area contributed by atoms with E-state index in [0.717, 1.165) is 17.0 Å². The molecule has 0 unspecified atom stereocenters. The van der Waals surface area contributed by atoms with Crippen LogP contribution in [-0.4, -0.2) is 14.5 Å². The molecular formula is C13H20N4. The molecule has 2 aromatic heterocycles. The van der Waals surface area contributed by atoms with Gasteiger partial charge < -0.3 is 10.3 Å². The van der Waals surface area contributed by atoms with E-state index in [2.05, 4.69) is 42.2 Å². The van der Waals surface area contributed by atoms with Crippen molar-refractivity contribution in [3.8, 4) is 0 Å². The van der Waals surface area contributed by atoms with Crippen LogP contribution in [-0.2, 0) is 0 Å². The van der Waals surface area contributed by atoms with Crippen LogP contribution in [0.5, 0.6) is 0 Å². The molecule has 92 valence electrons. The first kappa shape index (κ1) is 12.0. The van der Waals surface area contributed by atoms with Gasteiger partial charge in [0.15, 0.2) is 5.65 Å². The lowest BCUT2D eigenvalue weighted by Crippen LogP contribution is -2.22. The van der Waals surface area contributed by atoms with Crippen molar-refractivity contribution in [3.05, 3.63) is 24.2 Å². The van der Waals surface area contributed by atoms with Gasteiger partial charge in [0, 0.05) is 12.2 Å². The SMILES string of the molecule is CC(C)[C@@H](N)c1nc2cccnc2n1C(C)C. The van der Waals surface area contributed by atoms with E-state index in [1.54, 1.807) is 6.20 Å². The maximum absolute atomic E-state index is 6.23. The van der Waals surface area contributed by atoms with Crippen molar-refractivity contribution in [3.63, 3.8) is 0 Å². The van der Waals surface area contributed by atoms with Gasteiger partial charge in [-0.05, 0) is 31.9 Å². The van der Waals surface area contributed by atoms with E-state index in [0.29, 0.717) is 12.0 Å². The van der Waals surface area contributed by atoms with Crippen molar-refractivity contribution in [2.24, 2.45) is 11.7 Å². The molecule has 0 aliphatic heterocycles. The summed E-state index contributed by atoms with van der Waals surface area (Å²) in [5, 5.41) is 0. The second-order valence-corrected chi connectivity index (χ2v) is 5.05. The Kier molecular flexibility index (Phi) is 3.15. The average Bonchev–Trinajstić information content (AvgIpc) is 2.66. The van der Waals surface area contributed by atoms with Gasteiger partial charge in [0.1, 0.15) is 11.3 Å². The monoisotopic (exact) mass is 232 g/mol. The molecule has 4 heteroatoms. The molecule has 0 radical (unpaired) electrons. The highest BCUT2D eigenvalue weighted by atomic mass is 15.2. The smallest absolute Gasteiger partial charge is 0.160 e. The summed E-state index contributed by atoms with van der Waals surface area (Å²) < 4.78 is 2.14. The van der Waals surface area contributed by atoms with Crippen molar-refractivity contribution >= 4 is 11.2 Å². The lowest BCUT2D eigenvalue weighted by atomic mass is 10.0. The molecule has 2 N–H and O–H groups in total. The van der Waals surface area contributed by atoms with Crippen molar-refractivity contribution in [1.29, 1.82) is 0 Å². The molecule has 2 heterocycles. The minimum absolute atomic E-state index is 0.0494. The third kappa shape index (κ3) is 2.05. The van der Waals surface area contributed by atoms with Gasteiger partial charge in [0.2, 0.25) is 0 Å². The number of hydrogen-bond donors (Lipinski definition) is 1. The first-order valence-corrected chi connectivity index (χ1v) is 6.10. The second kappa shape index (κ2) is 4.45. The van der Waals surface area contributed by atoms with E-state index in [4.69, 9.17) is 5.73 Å².